The predicted molar refractivity (Wildman–Crippen MR) is 85.4 cm³/mol. The summed E-state index contributed by atoms with van der Waals surface area (Å²) >= 11 is 0. The Kier molecular flexibility index (Phi) is 6.60. The lowest BCUT2D eigenvalue weighted by atomic mass is 10.2. The fourth-order valence-electron chi connectivity index (χ4n) is 1.84. The van der Waals surface area contributed by atoms with Crippen LogP contribution in [0.3, 0.4) is 0 Å². The molecule has 9 heteroatoms. The molecule has 2 N–H and O–H groups in total. The van der Waals surface area contributed by atoms with Gasteiger partial charge in [-0.2, -0.15) is 8.78 Å². The van der Waals surface area contributed by atoms with Crippen molar-refractivity contribution in [2.45, 2.75) is 6.61 Å². The van der Waals surface area contributed by atoms with Crippen LogP contribution in [0.1, 0.15) is 20.7 Å². The summed E-state index contributed by atoms with van der Waals surface area (Å²) < 4.78 is 33.2. The third-order valence-electron chi connectivity index (χ3n) is 2.98. The van der Waals surface area contributed by atoms with Gasteiger partial charge in [0.2, 0.25) is 0 Å². The van der Waals surface area contributed by atoms with Crippen LogP contribution in [-0.4, -0.2) is 31.0 Å². The highest BCUT2D eigenvalue weighted by molar-refractivity contribution is 5.96. The average molecular weight is 364 g/mol. The molecule has 0 unspecified atom stereocenters. The van der Waals surface area contributed by atoms with Crippen molar-refractivity contribution in [3.63, 3.8) is 0 Å². The molecule has 0 aliphatic carbocycles. The summed E-state index contributed by atoms with van der Waals surface area (Å²) in [5.74, 6) is -2.44. The standard InChI is InChI=1S/C17H14F2N2O5/c18-17(19)26-13-8-4-7-12(9-13)16(24)25-10-14(22)20-21-15(23)11-5-2-1-3-6-11/h1-9,17H,10H2,(H,20,22)(H,21,23). The minimum absolute atomic E-state index is 0.0655. The Labute approximate surface area is 146 Å². The van der Waals surface area contributed by atoms with Gasteiger partial charge in [-0.15, -0.1) is 0 Å². The molecule has 0 aromatic heterocycles. The Balaban J connectivity index is 1.80. The molecule has 2 aromatic carbocycles. The summed E-state index contributed by atoms with van der Waals surface area (Å²) in [5.41, 5.74) is 4.51. The van der Waals surface area contributed by atoms with E-state index >= 15 is 0 Å². The van der Waals surface area contributed by atoms with Crippen LogP contribution < -0.4 is 15.6 Å². The van der Waals surface area contributed by atoms with Crippen LogP contribution in [0.2, 0.25) is 0 Å². The minimum Gasteiger partial charge on any atom is -0.452 e. The number of hydrogen-bond acceptors (Lipinski definition) is 5. The van der Waals surface area contributed by atoms with Crippen molar-refractivity contribution in [2.75, 3.05) is 6.61 Å². The van der Waals surface area contributed by atoms with Crippen molar-refractivity contribution in [2.24, 2.45) is 0 Å². The van der Waals surface area contributed by atoms with Crippen LogP contribution in [-0.2, 0) is 9.53 Å². The van der Waals surface area contributed by atoms with Crippen molar-refractivity contribution in [3.05, 3.63) is 65.7 Å². The van der Waals surface area contributed by atoms with E-state index in [0.717, 1.165) is 6.07 Å². The summed E-state index contributed by atoms with van der Waals surface area (Å²) in [5, 5.41) is 0. The molecule has 0 aliphatic rings. The lowest BCUT2D eigenvalue weighted by Crippen LogP contribution is -2.43. The van der Waals surface area contributed by atoms with E-state index in [4.69, 9.17) is 4.74 Å². The van der Waals surface area contributed by atoms with Crippen molar-refractivity contribution in [1.29, 1.82) is 0 Å². The highest BCUT2D eigenvalue weighted by Gasteiger charge is 2.13. The smallest absolute Gasteiger partial charge is 0.387 e. The number of hydrazine groups is 1. The van der Waals surface area contributed by atoms with Gasteiger partial charge in [0.25, 0.3) is 11.8 Å². The zero-order valence-electron chi connectivity index (χ0n) is 13.3. The first-order valence-corrected chi connectivity index (χ1v) is 7.32. The predicted octanol–water partition coefficient (Wildman–Crippen LogP) is 1.91. The van der Waals surface area contributed by atoms with Crippen molar-refractivity contribution >= 4 is 17.8 Å². The molecule has 0 fully saturated rings. The Morgan fingerprint density at radius 1 is 0.923 bits per heavy atom. The van der Waals surface area contributed by atoms with Crippen LogP contribution in [0.15, 0.2) is 54.6 Å². The molecule has 2 aromatic rings. The van der Waals surface area contributed by atoms with Gasteiger partial charge in [-0.3, -0.25) is 20.4 Å². The summed E-state index contributed by atoms with van der Waals surface area (Å²) in [4.78, 5) is 35.1. The van der Waals surface area contributed by atoms with Crippen molar-refractivity contribution < 1.29 is 32.6 Å². The number of ether oxygens (including phenoxy) is 2. The summed E-state index contributed by atoms with van der Waals surface area (Å²) in [6.07, 6.45) is 0. The summed E-state index contributed by atoms with van der Waals surface area (Å²) in [6, 6.07) is 13.1. The molecule has 7 nitrogen and oxygen atoms in total. The average Bonchev–Trinajstić information content (AvgIpc) is 2.64. The maximum Gasteiger partial charge on any atom is 0.387 e. The molecular formula is C17H14F2N2O5. The van der Waals surface area contributed by atoms with Crippen LogP contribution >= 0.6 is 0 Å². The number of hydrogen-bond donors (Lipinski definition) is 2. The number of halogens is 2. The van der Waals surface area contributed by atoms with Gasteiger partial charge >= 0.3 is 12.6 Å². The molecule has 0 bridgehead atoms. The monoisotopic (exact) mass is 364 g/mol. The Hall–Kier alpha value is -3.49. The zero-order chi connectivity index (χ0) is 18.9. The SMILES string of the molecule is O=C(COC(=O)c1cccc(OC(F)F)c1)NNC(=O)c1ccccc1. The topological polar surface area (TPSA) is 93.7 Å². The van der Waals surface area contributed by atoms with Crippen LogP contribution in [0.5, 0.6) is 5.75 Å². The maximum absolute atomic E-state index is 12.2. The fraction of sp³-hybridized carbons (Fsp3) is 0.118. The minimum atomic E-state index is -3.03. The number of alkyl halides is 2. The molecule has 0 aliphatic heterocycles. The largest absolute Gasteiger partial charge is 0.452 e. The molecule has 0 atom stereocenters. The first-order chi connectivity index (χ1) is 12.5. The van der Waals surface area contributed by atoms with Gasteiger partial charge in [-0.25, -0.2) is 4.79 Å². The third kappa shape index (κ3) is 5.86. The molecule has 0 saturated heterocycles. The number of amides is 2. The number of esters is 1. The van der Waals surface area contributed by atoms with E-state index in [9.17, 15) is 23.2 Å². The molecule has 0 radical (unpaired) electrons. The Bertz CT molecular complexity index is 784. The number of rotatable bonds is 6. The molecule has 0 saturated carbocycles. The second kappa shape index (κ2) is 9.11. The van der Waals surface area contributed by atoms with Gasteiger partial charge in [-0.05, 0) is 30.3 Å². The van der Waals surface area contributed by atoms with Gasteiger partial charge in [0.1, 0.15) is 5.75 Å². The fourth-order valence-corrected chi connectivity index (χ4v) is 1.84. The quantitative estimate of drug-likeness (QED) is 0.603. The summed E-state index contributed by atoms with van der Waals surface area (Å²) in [7, 11) is 0. The normalized spacial score (nSPS) is 10.1. The lowest BCUT2D eigenvalue weighted by Gasteiger charge is -2.09. The Morgan fingerprint density at radius 3 is 2.31 bits per heavy atom. The molecule has 136 valence electrons. The molecule has 2 rings (SSSR count). The zero-order valence-corrected chi connectivity index (χ0v) is 13.3. The van der Waals surface area contributed by atoms with Crippen LogP contribution in [0.4, 0.5) is 8.78 Å². The van der Waals surface area contributed by atoms with Gasteiger partial charge in [0.15, 0.2) is 6.61 Å². The number of nitrogens with one attached hydrogen (secondary N) is 2. The third-order valence-corrected chi connectivity index (χ3v) is 2.98. The van der Waals surface area contributed by atoms with E-state index in [1.54, 1.807) is 30.3 Å². The second-order valence-corrected chi connectivity index (χ2v) is 4.85. The molecule has 2 amide bonds. The van der Waals surface area contributed by atoms with Gasteiger partial charge in [0.05, 0.1) is 5.56 Å². The van der Waals surface area contributed by atoms with E-state index in [0.29, 0.717) is 5.56 Å². The van der Waals surface area contributed by atoms with E-state index in [1.165, 1.54) is 18.2 Å². The van der Waals surface area contributed by atoms with Crippen molar-refractivity contribution in [1.82, 2.24) is 10.9 Å². The Morgan fingerprint density at radius 2 is 1.62 bits per heavy atom. The number of carbonyl (C=O) groups is 3. The number of benzene rings is 2. The molecule has 26 heavy (non-hydrogen) atoms. The first kappa shape index (κ1) is 18.8. The lowest BCUT2D eigenvalue weighted by molar-refractivity contribution is -0.125. The second-order valence-electron chi connectivity index (χ2n) is 4.85. The van der Waals surface area contributed by atoms with Crippen LogP contribution in [0, 0.1) is 0 Å². The highest BCUT2D eigenvalue weighted by Crippen LogP contribution is 2.16. The molecular weight excluding hydrogens is 350 g/mol. The first-order valence-electron chi connectivity index (χ1n) is 7.32. The van der Waals surface area contributed by atoms with Crippen molar-refractivity contribution in [3.8, 4) is 5.75 Å². The highest BCUT2D eigenvalue weighted by atomic mass is 19.3. The van der Waals surface area contributed by atoms with E-state index < -0.39 is 31.0 Å². The van der Waals surface area contributed by atoms with Crippen LogP contribution in [0.25, 0.3) is 0 Å². The van der Waals surface area contributed by atoms with Gasteiger partial charge in [-0.1, -0.05) is 24.3 Å². The van der Waals surface area contributed by atoms with E-state index in [-0.39, 0.29) is 11.3 Å². The molecule has 0 heterocycles. The molecule has 0 spiro atoms. The van der Waals surface area contributed by atoms with Gasteiger partial charge in [0, 0.05) is 5.56 Å². The number of carbonyl (C=O) groups excluding carboxylic acids is 3. The van der Waals surface area contributed by atoms with E-state index in [1.807, 2.05) is 0 Å². The summed E-state index contributed by atoms with van der Waals surface area (Å²) in [6.45, 7) is -3.70. The van der Waals surface area contributed by atoms with Gasteiger partial charge < -0.3 is 9.47 Å². The van der Waals surface area contributed by atoms with E-state index in [2.05, 4.69) is 15.6 Å². The maximum atomic E-state index is 12.2.